The molecule has 0 saturated heterocycles. The zero-order valence-electron chi connectivity index (χ0n) is 11.0. The van der Waals surface area contributed by atoms with Gasteiger partial charge in [0.1, 0.15) is 12.2 Å². The van der Waals surface area contributed by atoms with Gasteiger partial charge in [0, 0.05) is 13.1 Å². The molecule has 0 atom stereocenters. The monoisotopic (exact) mass is 256 g/mol. The molecule has 0 aliphatic heterocycles. The molecule has 0 unspecified atom stereocenters. The Labute approximate surface area is 112 Å². The first-order chi connectivity index (χ1) is 9.15. The van der Waals surface area contributed by atoms with Gasteiger partial charge in [0.15, 0.2) is 0 Å². The summed E-state index contributed by atoms with van der Waals surface area (Å²) in [6, 6.07) is 8.00. The van der Waals surface area contributed by atoms with E-state index >= 15 is 0 Å². The highest BCUT2D eigenvalue weighted by Gasteiger charge is 2.07. The van der Waals surface area contributed by atoms with Gasteiger partial charge in [-0.05, 0) is 18.6 Å². The lowest BCUT2D eigenvalue weighted by molar-refractivity contribution is -0.125. The smallest absolute Gasteiger partial charge is 0.246 e. The Morgan fingerprint density at radius 3 is 2.74 bits per heavy atom. The minimum atomic E-state index is -0.0722. The number of hydrogen-bond donors (Lipinski definition) is 1. The molecule has 0 bridgehead atoms. The Balaban J connectivity index is 1.94. The molecule has 5 nitrogen and oxygen atoms in total. The van der Waals surface area contributed by atoms with Gasteiger partial charge in [-0.1, -0.05) is 29.8 Å². The molecule has 2 aromatic rings. The van der Waals surface area contributed by atoms with Crippen molar-refractivity contribution in [1.82, 2.24) is 20.1 Å². The lowest BCUT2D eigenvalue weighted by Gasteiger charge is -2.12. The number of nitrogens with zero attached hydrogens (tertiary/aromatic N) is 3. The van der Waals surface area contributed by atoms with E-state index in [0.717, 1.165) is 5.56 Å². The van der Waals surface area contributed by atoms with Crippen LogP contribution in [0.3, 0.4) is 0 Å². The van der Waals surface area contributed by atoms with E-state index in [2.05, 4.69) is 15.2 Å². The molecular formula is C14H16N4O. The Hall–Kier alpha value is -2.43. The summed E-state index contributed by atoms with van der Waals surface area (Å²) in [5, 5.41) is 6.47. The Morgan fingerprint density at radius 2 is 2.11 bits per heavy atom. The van der Waals surface area contributed by atoms with E-state index < -0.39 is 0 Å². The van der Waals surface area contributed by atoms with Gasteiger partial charge in [-0.15, -0.1) is 0 Å². The molecular weight excluding hydrogens is 240 g/mol. The second-order valence-electron chi connectivity index (χ2n) is 4.37. The molecule has 19 heavy (non-hydrogen) atoms. The van der Waals surface area contributed by atoms with Crippen LogP contribution in [0.15, 0.2) is 36.7 Å². The van der Waals surface area contributed by atoms with Crippen LogP contribution in [0.25, 0.3) is 6.08 Å². The Kier molecular flexibility index (Phi) is 4.07. The van der Waals surface area contributed by atoms with E-state index in [1.54, 1.807) is 24.1 Å². The normalized spacial score (nSPS) is 10.8. The van der Waals surface area contributed by atoms with Crippen LogP contribution in [0.1, 0.15) is 17.0 Å². The number of carbonyl (C=O) groups is 1. The molecule has 1 N–H and O–H groups in total. The Morgan fingerprint density at radius 1 is 1.37 bits per heavy atom. The third-order valence-corrected chi connectivity index (χ3v) is 2.72. The van der Waals surface area contributed by atoms with Crippen molar-refractivity contribution in [3.63, 3.8) is 0 Å². The first-order valence-corrected chi connectivity index (χ1v) is 5.99. The van der Waals surface area contributed by atoms with Gasteiger partial charge >= 0.3 is 0 Å². The summed E-state index contributed by atoms with van der Waals surface area (Å²) >= 11 is 0. The van der Waals surface area contributed by atoms with E-state index in [0.29, 0.717) is 12.4 Å². The minimum absolute atomic E-state index is 0.0722. The summed E-state index contributed by atoms with van der Waals surface area (Å²) in [4.78, 5) is 17.4. The number of hydrogen-bond acceptors (Lipinski definition) is 3. The number of amides is 1. The lowest BCUT2D eigenvalue weighted by atomic mass is 10.1. The number of H-pyrrole nitrogens is 1. The highest BCUT2D eigenvalue weighted by atomic mass is 16.2. The summed E-state index contributed by atoms with van der Waals surface area (Å²) in [5.41, 5.74) is 2.21. The predicted octanol–water partition coefficient (Wildman–Crippen LogP) is 1.78. The second-order valence-corrected chi connectivity index (χ2v) is 4.37. The van der Waals surface area contributed by atoms with Crippen LogP contribution in [0.4, 0.5) is 0 Å². The summed E-state index contributed by atoms with van der Waals surface area (Å²) < 4.78 is 0. The zero-order valence-corrected chi connectivity index (χ0v) is 11.0. The van der Waals surface area contributed by atoms with Crippen LogP contribution in [-0.2, 0) is 11.3 Å². The van der Waals surface area contributed by atoms with Gasteiger partial charge < -0.3 is 4.90 Å². The first kappa shape index (κ1) is 13.0. The molecule has 0 fully saturated rings. The molecule has 2 rings (SSSR count). The third kappa shape index (κ3) is 3.77. The molecule has 0 aliphatic carbocycles. The maximum absolute atomic E-state index is 11.9. The molecule has 1 amide bonds. The number of aryl methyl sites for hydroxylation is 1. The van der Waals surface area contributed by atoms with Crippen LogP contribution in [0.5, 0.6) is 0 Å². The molecule has 0 aliphatic rings. The first-order valence-electron chi connectivity index (χ1n) is 5.99. The third-order valence-electron chi connectivity index (χ3n) is 2.72. The van der Waals surface area contributed by atoms with Gasteiger partial charge in [-0.3, -0.25) is 9.89 Å². The van der Waals surface area contributed by atoms with Gasteiger partial charge in [-0.2, -0.15) is 5.10 Å². The van der Waals surface area contributed by atoms with E-state index in [-0.39, 0.29) is 5.91 Å². The summed E-state index contributed by atoms with van der Waals surface area (Å²) in [6.45, 7) is 2.45. The maximum Gasteiger partial charge on any atom is 0.246 e. The van der Waals surface area contributed by atoms with Gasteiger partial charge in [-0.25, -0.2) is 4.98 Å². The molecule has 1 aromatic heterocycles. The second kappa shape index (κ2) is 5.95. The van der Waals surface area contributed by atoms with Crippen molar-refractivity contribution < 1.29 is 4.79 Å². The average molecular weight is 256 g/mol. The van der Waals surface area contributed by atoms with Crippen LogP contribution in [-0.4, -0.2) is 33.0 Å². The number of likely N-dealkylation sites (N-methyl/N-ethyl adjacent to an activating group) is 1. The number of carbonyl (C=O) groups excluding carboxylic acids is 1. The van der Waals surface area contributed by atoms with Crippen molar-refractivity contribution in [2.24, 2.45) is 0 Å². The molecule has 98 valence electrons. The maximum atomic E-state index is 11.9. The van der Waals surface area contributed by atoms with Crippen molar-refractivity contribution >= 4 is 12.0 Å². The SMILES string of the molecule is Cc1ccc(C=CC(=O)N(C)Cc2ncn[nH]2)cc1. The van der Waals surface area contributed by atoms with E-state index in [1.807, 2.05) is 31.2 Å². The fourth-order valence-corrected chi connectivity index (χ4v) is 1.58. The topological polar surface area (TPSA) is 61.9 Å². The number of nitrogens with one attached hydrogen (secondary N) is 1. The number of benzene rings is 1. The molecule has 1 aromatic carbocycles. The van der Waals surface area contributed by atoms with Crippen LogP contribution >= 0.6 is 0 Å². The highest BCUT2D eigenvalue weighted by molar-refractivity contribution is 5.91. The van der Waals surface area contributed by atoms with Crippen LogP contribution < -0.4 is 0 Å². The summed E-state index contributed by atoms with van der Waals surface area (Å²) in [5.74, 6) is 0.594. The largest absolute Gasteiger partial charge is 0.335 e. The van der Waals surface area contributed by atoms with Crippen LogP contribution in [0.2, 0.25) is 0 Å². The summed E-state index contributed by atoms with van der Waals surface area (Å²) in [7, 11) is 1.73. The molecule has 0 radical (unpaired) electrons. The standard InChI is InChI=1S/C14H16N4O/c1-11-3-5-12(6-4-11)7-8-14(19)18(2)9-13-15-10-16-17-13/h3-8,10H,9H2,1-2H3,(H,15,16,17). The number of rotatable bonds is 4. The van der Waals surface area contributed by atoms with Gasteiger partial charge in [0.2, 0.25) is 5.91 Å². The average Bonchev–Trinajstić information content (AvgIpc) is 2.90. The van der Waals surface area contributed by atoms with E-state index in [9.17, 15) is 4.79 Å². The van der Waals surface area contributed by atoms with Crippen molar-refractivity contribution in [3.05, 3.63) is 53.6 Å². The van der Waals surface area contributed by atoms with Gasteiger partial charge in [0.25, 0.3) is 0 Å². The van der Waals surface area contributed by atoms with Gasteiger partial charge in [0.05, 0.1) is 6.54 Å². The zero-order chi connectivity index (χ0) is 13.7. The number of aromatic nitrogens is 3. The Bertz CT molecular complexity index is 558. The van der Waals surface area contributed by atoms with E-state index in [1.165, 1.54) is 11.9 Å². The van der Waals surface area contributed by atoms with E-state index in [4.69, 9.17) is 0 Å². The lowest BCUT2D eigenvalue weighted by Crippen LogP contribution is -2.24. The fourth-order valence-electron chi connectivity index (χ4n) is 1.58. The van der Waals surface area contributed by atoms with Crippen LogP contribution in [0, 0.1) is 6.92 Å². The van der Waals surface area contributed by atoms with Crippen molar-refractivity contribution in [1.29, 1.82) is 0 Å². The predicted molar refractivity (Wildman–Crippen MR) is 73.1 cm³/mol. The fraction of sp³-hybridized carbons (Fsp3) is 0.214. The molecule has 0 saturated carbocycles. The molecule has 1 heterocycles. The van der Waals surface area contributed by atoms with Crippen molar-refractivity contribution in [2.45, 2.75) is 13.5 Å². The van der Waals surface area contributed by atoms with Crippen molar-refractivity contribution in [2.75, 3.05) is 7.05 Å². The quantitative estimate of drug-likeness (QED) is 0.848. The number of aromatic amines is 1. The molecule has 5 heteroatoms. The highest BCUT2D eigenvalue weighted by Crippen LogP contribution is 2.05. The summed E-state index contributed by atoms with van der Waals surface area (Å²) in [6.07, 6.45) is 4.79. The van der Waals surface area contributed by atoms with Crippen molar-refractivity contribution in [3.8, 4) is 0 Å². The minimum Gasteiger partial charge on any atom is -0.335 e. The molecule has 0 spiro atoms.